The van der Waals surface area contributed by atoms with Crippen LogP contribution in [0.3, 0.4) is 0 Å². The van der Waals surface area contributed by atoms with Crippen molar-refractivity contribution < 1.29 is 14.6 Å². The molecule has 0 saturated carbocycles. The van der Waals surface area contributed by atoms with E-state index in [0.29, 0.717) is 6.10 Å². The van der Waals surface area contributed by atoms with E-state index in [1.165, 1.54) is 22.7 Å². The molecule has 2 N–H and O–H groups in total. The van der Waals surface area contributed by atoms with Crippen LogP contribution in [0.15, 0.2) is 23.7 Å². The second-order valence-electron chi connectivity index (χ2n) is 7.60. The number of methoxy groups -OCH3 is 1. The third kappa shape index (κ3) is 6.55. The summed E-state index contributed by atoms with van der Waals surface area (Å²) in [5.41, 5.74) is 2.89. The Bertz CT molecular complexity index is 995. The molecule has 32 heavy (non-hydrogen) atoms. The molecule has 1 saturated heterocycles. The van der Waals surface area contributed by atoms with Crippen LogP contribution in [-0.2, 0) is 9.53 Å². The first-order valence-electron chi connectivity index (χ1n) is 10.4. The lowest BCUT2D eigenvalue weighted by Gasteiger charge is -2.27. The molecule has 0 spiro atoms. The van der Waals surface area contributed by atoms with Crippen LogP contribution in [0.4, 0.5) is 10.9 Å². The van der Waals surface area contributed by atoms with Crippen molar-refractivity contribution in [1.82, 2.24) is 19.9 Å². The predicted molar refractivity (Wildman–Crippen MR) is 129 cm³/mol. The van der Waals surface area contributed by atoms with Gasteiger partial charge in [0.15, 0.2) is 5.13 Å². The number of aromatic nitrogens is 3. The van der Waals surface area contributed by atoms with Gasteiger partial charge in [0, 0.05) is 31.8 Å². The van der Waals surface area contributed by atoms with Crippen molar-refractivity contribution in [3.63, 3.8) is 0 Å². The van der Waals surface area contributed by atoms with Crippen molar-refractivity contribution in [1.29, 1.82) is 0 Å². The van der Waals surface area contributed by atoms with Crippen molar-refractivity contribution in [3.05, 3.63) is 40.0 Å². The van der Waals surface area contributed by atoms with Crippen molar-refractivity contribution in [2.45, 2.75) is 45.8 Å². The lowest BCUT2D eigenvalue weighted by Crippen LogP contribution is -2.35. The van der Waals surface area contributed by atoms with E-state index in [2.05, 4.69) is 20.3 Å². The Labute approximate surface area is 196 Å². The van der Waals surface area contributed by atoms with Crippen LogP contribution in [0, 0.1) is 13.8 Å². The molecule has 4 heterocycles. The van der Waals surface area contributed by atoms with Gasteiger partial charge in [0.2, 0.25) is 6.41 Å². The fraction of sp³-hybridized carbons (Fsp3) is 0.455. The number of pyridine rings is 1. The first-order chi connectivity index (χ1) is 15.4. The Morgan fingerprint density at radius 1 is 1.28 bits per heavy atom. The van der Waals surface area contributed by atoms with E-state index in [1.54, 1.807) is 18.9 Å². The minimum Gasteiger partial charge on any atom is -0.386 e. The summed E-state index contributed by atoms with van der Waals surface area (Å²) in [4.78, 5) is 26.3. The third-order valence-electron chi connectivity index (χ3n) is 5.01. The van der Waals surface area contributed by atoms with Crippen LogP contribution in [0.1, 0.15) is 42.1 Å². The maximum Gasteiger partial charge on any atom is 0.209 e. The molecule has 1 amide bonds. The van der Waals surface area contributed by atoms with Crippen molar-refractivity contribution in [3.8, 4) is 10.6 Å². The molecule has 10 heteroatoms. The summed E-state index contributed by atoms with van der Waals surface area (Å²) in [5.74, 6) is 0.775. The number of piperidine rings is 1. The number of aryl methyl sites for hydroxylation is 2. The molecule has 1 unspecified atom stereocenters. The quantitative estimate of drug-likeness (QED) is 0.512. The number of carbonyl (C=O) groups is 1. The van der Waals surface area contributed by atoms with E-state index in [9.17, 15) is 9.90 Å². The zero-order valence-electron chi connectivity index (χ0n) is 18.7. The Kier molecular flexibility index (Phi) is 8.68. The standard InChI is InChI=1S/C15H16N4OS2.C7H13NO2/c1-8-4-5-12(16-6-8)19-15-18-11(7-21-15)13-9(2)17-14(22-13)10(3)20;1-10-7-2-4-8(6-9)5-3-7/h4-7,10,20H,1-3H3,(H,16,18,19);6-7H,2-5H2,1H3. The summed E-state index contributed by atoms with van der Waals surface area (Å²) in [6.07, 6.45) is 4.51. The number of nitrogens with one attached hydrogen (secondary N) is 1. The van der Waals surface area contributed by atoms with Gasteiger partial charge < -0.3 is 20.1 Å². The molecule has 3 aromatic rings. The molecule has 0 aliphatic carbocycles. The van der Waals surface area contributed by atoms with Crippen molar-refractivity contribution >= 4 is 40.0 Å². The molecule has 1 atom stereocenters. The van der Waals surface area contributed by atoms with Gasteiger partial charge in [-0.1, -0.05) is 6.07 Å². The number of rotatable bonds is 6. The zero-order valence-corrected chi connectivity index (χ0v) is 20.4. The van der Waals surface area contributed by atoms with E-state index >= 15 is 0 Å². The number of thiazole rings is 2. The highest BCUT2D eigenvalue weighted by Crippen LogP contribution is 2.34. The fourth-order valence-corrected chi connectivity index (χ4v) is 4.88. The molecule has 0 radical (unpaired) electrons. The number of likely N-dealkylation sites (tertiary alicyclic amines) is 1. The number of anilines is 2. The minimum atomic E-state index is -0.551. The van der Waals surface area contributed by atoms with Gasteiger partial charge in [0.25, 0.3) is 0 Å². The molecule has 1 fully saturated rings. The Hall–Kier alpha value is -2.40. The van der Waals surface area contributed by atoms with Crippen LogP contribution in [-0.4, -0.2) is 57.7 Å². The minimum absolute atomic E-state index is 0.371. The Morgan fingerprint density at radius 2 is 2.03 bits per heavy atom. The number of ether oxygens (including phenoxy) is 1. The topological polar surface area (TPSA) is 100 Å². The largest absolute Gasteiger partial charge is 0.386 e. The van der Waals surface area contributed by atoms with E-state index < -0.39 is 6.10 Å². The average Bonchev–Trinajstić information content (AvgIpc) is 3.42. The van der Waals surface area contributed by atoms with E-state index in [1.807, 2.05) is 37.6 Å². The lowest BCUT2D eigenvalue weighted by molar-refractivity contribution is -0.120. The van der Waals surface area contributed by atoms with Gasteiger partial charge >= 0.3 is 0 Å². The number of nitrogens with zero attached hydrogens (tertiary/aromatic N) is 4. The summed E-state index contributed by atoms with van der Waals surface area (Å²) in [6.45, 7) is 7.36. The molecular formula is C22H29N5O3S2. The first kappa shape index (κ1) is 24.2. The number of carbonyl (C=O) groups excluding carboxylic acids is 1. The van der Waals surface area contributed by atoms with Crippen LogP contribution in [0.5, 0.6) is 0 Å². The summed E-state index contributed by atoms with van der Waals surface area (Å²) in [6, 6.07) is 3.94. The van der Waals surface area contributed by atoms with Gasteiger partial charge in [0.05, 0.1) is 22.4 Å². The van der Waals surface area contributed by atoms with E-state index in [-0.39, 0.29) is 0 Å². The molecule has 4 rings (SSSR count). The van der Waals surface area contributed by atoms with Crippen molar-refractivity contribution in [2.24, 2.45) is 0 Å². The van der Waals surface area contributed by atoms with Crippen LogP contribution < -0.4 is 5.32 Å². The predicted octanol–water partition coefficient (Wildman–Crippen LogP) is 4.33. The van der Waals surface area contributed by atoms with Gasteiger partial charge in [-0.15, -0.1) is 22.7 Å². The maximum absolute atomic E-state index is 10.2. The lowest BCUT2D eigenvalue weighted by atomic mass is 10.1. The highest BCUT2D eigenvalue weighted by Gasteiger charge is 2.17. The normalized spacial score (nSPS) is 15.1. The van der Waals surface area contributed by atoms with Gasteiger partial charge in [-0.2, -0.15) is 0 Å². The maximum atomic E-state index is 10.2. The molecule has 172 valence electrons. The summed E-state index contributed by atoms with van der Waals surface area (Å²) < 4.78 is 5.14. The average molecular weight is 476 g/mol. The Balaban J connectivity index is 0.000000243. The number of hydrogen-bond donors (Lipinski definition) is 2. The van der Waals surface area contributed by atoms with Crippen LogP contribution in [0.25, 0.3) is 10.6 Å². The third-order valence-corrected chi connectivity index (χ3v) is 7.12. The molecule has 8 nitrogen and oxygen atoms in total. The van der Waals surface area contributed by atoms with Gasteiger partial charge in [0.1, 0.15) is 16.9 Å². The SMILES string of the molecule is COC1CCN(C=O)CC1.Cc1ccc(Nc2nc(-c3sc(C(C)O)nc3C)cs2)nc1. The highest BCUT2D eigenvalue weighted by atomic mass is 32.1. The van der Waals surface area contributed by atoms with Gasteiger partial charge in [-0.05, 0) is 45.2 Å². The number of aliphatic hydroxyl groups is 1. The monoisotopic (exact) mass is 475 g/mol. The van der Waals surface area contributed by atoms with Crippen LogP contribution >= 0.6 is 22.7 Å². The zero-order chi connectivity index (χ0) is 23.1. The molecule has 0 bridgehead atoms. The number of hydrogen-bond acceptors (Lipinski definition) is 9. The molecular weight excluding hydrogens is 446 g/mol. The molecule has 0 aromatic carbocycles. The molecule has 1 aliphatic rings. The molecule has 3 aromatic heterocycles. The van der Waals surface area contributed by atoms with E-state index in [0.717, 1.165) is 70.1 Å². The van der Waals surface area contributed by atoms with Crippen molar-refractivity contribution in [2.75, 3.05) is 25.5 Å². The number of aliphatic hydroxyl groups excluding tert-OH is 1. The summed E-state index contributed by atoms with van der Waals surface area (Å²) in [7, 11) is 1.72. The number of amides is 1. The highest BCUT2D eigenvalue weighted by molar-refractivity contribution is 7.17. The van der Waals surface area contributed by atoms with Gasteiger partial charge in [-0.25, -0.2) is 15.0 Å². The smallest absolute Gasteiger partial charge is 0.209 e. The van der Waals surface area contributed by atoms with E-state index in [4.69, 9.17) is 4.74 Å². The second kappa shape index (κ2) is 11.5. The molecule has 1 aliphatic heterocycles. The second-order valence-corrected chi connectivity index (χ2v) is 9.49. The van der Waals surface area contributed by atoms with Gasteiger partial charge in [-0.3, -0.25) is 4.79 Å². The summed E-state index contributed by atoms with van der Waals surface area (Å²) >= 11 is 3.01. The Morgan fingerprint density at radius 3 is 2.59 bits per heavy atom. The fourth-order valence-electron chi connectivity index (χ4n) is 3.14. The first-order valence-corrected chi connectivity index (χ1v) is 12.1. The van der Waals surface area contributed by atoms with Crippen LogP contribution in [0.2, 0.25) is 0 Å². The summed E-state index contributed by atoms with van der Waals surface area (Å²) in [5, 5.41) is 16.3.